The lowest BCUT2D eigenvalue weighted by atomic mass is 10.3. The molecular formula is C10H11ClN4O. The van der Waals surface area contributed by atoms with Crippen LogP contribution in [-0.2, 0) is 6.54 Å². The molecule has 0 unspecified atom stereocenters. The summed E-state index contributed by atoms with van der Waals surface area (Å²) in [5, 5.41) is 8.41. The third kappa shape index (κ3) is 2.00. The Balaban J connectivity index is 2.45. The summed E-state index contributed by atoms with van der Waals surface area (Å²) < 4.78 is 6.70. The largest absolute Gasteiger partial charge is 0.497 e. The Morgan fingerprint density at radius 1 is 1.50 bits per heavy atom. The van der Waals surface area contributed by atoms with Crippen LogP contribution in [-0.4, -0.2) is 22.1 Å². The third-order valence-electron chi connectivity index (χ3n) is 2.15. The van der Waals surface area contributed by atoms with Crippen molar-refractivity contribution in [2.24, 2.45) is 5.73 Å². The topological polar surface area (TPSA) is 66.0 Å². The third-order valence-corrected chi connectivity index (χ3v) is 2.47. The predicted molar refractivity (Wildman–Crippen MR) is 60.8 cm³/mol. The van der Waals surface area contributed by atoms with Gasteiger partial charge in [-0.25, -0.2) is 4.68 Å². The van der Waals surface area contributed by atoms with Gasteiger partial charge in [0, 0.05) is 12.6 Å². The Labute approximate surface area is 97.8 Å². The Morgan fingerprint density at radius 2 is 2.31 bits per heavy atom. The van der Waals surface area contributed by atoms with E-state index in [9.17, 15) is 0 Å². The van der Waals surface area contributed by atoms with E-state index in [-0.39, 0.29) is 0 Å². The summed E-state index contributed by atoms with van der Waals surface area (Å²) in [4.78, 5) is 0. The van der Waals surface area contributed by atoms with Crippen molar-refractivity contribution in [1.82, 2.24) is 15.0 Å². The molecule has 0 bridgehead atoms. The van der Waals surface area contributed by atoms with Gasteiger partial charge in [-0.3, -0.25) is 0 Å². The number of methoxy groups -OCH3 is 1. The monoisotopic (exact) mass is 238 g/mol. The first-order valence-electron chi connectivity index (χ1n) is 4.70. The van der Waals surface area contributed by atoms with Crippen molar-refractivity contribution in [3.63, 3.8) is 0 Å². The minimum Gasteiger partial charge on any atom is -0.497 e. The average Bonchev–Trinajstić information content (AvgIpc) is 2.78. The zero-order valence-electron chi connectivity index (χ0n) is 8.72. The number of nitrogens with zero attached hydrogens (tertiary/aromatic N) is 3. The van der Waals surface area contributed by atoms with Crippen LogP contribution in [0.25, 0.3) is 5.69 Å². The molecule has 1 aromatic carbocycles. The SMILES string of the molecule is COc1ccc(Cl)c(-n2cc(CN)nn2)c1. The summed E-state index contributed by atoms with van der Waals surface area (Å²) in [6.45, 7) is 0.349. The molecule has 2 aromatic rings. The van der Waals surface area contributed by atoms with Gasteiger partial charge in [0.15, 0.2) is 0 Å². The summed E-state index contributed by atoms with van der Waals surface area (Å²) in [7, 11) is 1.60. The zero-order valence-corrected chi connectivity index (χ0v) is 9.48. The number of benzene rings is 1. The first kappa shape index (κ1) is 10.9. The summed E-state index contributed by atoms with van der Waals surface area (Å²) >= 11 is 6.06. The van der Waals surface area contributed by atoms with E-state index in [1.165, 1.54) is 0 Å². The molecule has 1 aromatic heterocycles. The molecule has 0 radical (unpaired) electrons. The lowest BCUT2D eigenvalue weighted by Gasteiger charge is -2.05. The van der Waals surface area contributed by atoms with E-state index in [2.05, 4.69) is 10.3 Å². The number of hydrogen-bond acceptors (Lipinski definition) is 4. The van der Waals surface area contributed by atoms with Gasteiger partial charge >= 0.3 is 0 Å². The molecule has 6 heteroatoms. The van der Waals surface area contributed by atoms with E-state index >= 15 is 0 Å². The zero-order chi connectivity index (χ0) is 11.5. The minimum atomic E-state index is 0.349. The van der Waals surface area contributed by atoms with Crippen molar-refractivity contribution in [3.05, 3.63) is 35.1 Å². The van der Waals surface area contributed by atoms with Crippen LogP contribution in [0.4, 0.5) is 0 Å². The maximum Gasteiger partial charge on any atom is 0.121 e. The van der Waals surface area contributed by atoms with Gasteiger partial charge in [0.05, 0.1) is 29.7 Å². The molecule has 0 amide bonds. The van der Waals surface area contributed by atoms with Crippen LogP contribution in [0.1, 0.15) is 5.69 Å². The van der Waals surface area contributed by atoms with Crippen molar-refractivity contribution in [3.8, 4) is 11.4 Å². The molecule has 2 N–H and O–H groups in total. The molecule has 0 fully saturated rings. The minimum absolute atomic E-state index is 0.349. The molecular weight excluding hydrogens is 228 g/mol. The van der Waals surface area contributed by atoms with Gasteiger partial charge in [-0.15, -0.1) is 5.10 Å². The molecule has 84 valence electrons. The summed E-state index contributed by atoms with van der Waals surface area (Å²) in [6.07, 6.45) is 1.74. The van der Waals surface area contributed by atoms with Crippen LogP contribution in [0.5, 0.6) is 5.75 Å². The molecule has 0 saturated heterocycles. The molecule has 0 aliphatic carbocycles. The fourth-order valence-electron chi connectivity index (χ4n) is 1.30. The molecule has 0 aliphatic heterocycles. The predicted octanol–water partition coefficient (Wildman–Crippen LogP) is 1.39. The Morgan fingerprint density at radius 3 is 2.94 bits per heavy atom. The van der Waals surface area contributed by atoms with Crippen LogP contribution >= 0.6 is 11.6 Å². The van der Waals surface area contributed by atoms with E-state index in [0.29, 0.717) is 28.7 Å². The second-order valence-electron chi connectivity index (χ2n) is 3.18. The van der Waals surface area contributed by atoms with Crippen molar-refractivity contribution >= 4 is 11.6 Å². The van der Waals surface area contributed by atoms with E-state index in [0.717, 1.165) is 0 Å². The van der Waals surface area contributed by atoms with Crippen molar-refractivity contribution in [2.45, 2.75) is 6.54 Å². The normalized spacial score (nSPS) is 10.4. The average molecular weight is 239 g/mol. The van der Waals surface area contributed by atoms with Crippen molar-refractivity contribution in [2.75, 3.05) is 7.11 Å². The van der Waals surface area contributed by atoms with Gasteiger partial charge in [0.25, 0.3) is 0 Å². The molecule has 0 atom stereocenters. The molecule has 0 aliphatic rings. The highest BCUT2D eigenvalue weighted by Gasteiger charge is 2.07. The molecule has 5 nitrogen and oxygen atoms in total. The standard InChI is InChI=1S/C10H11ClN4O/c1-16-8-2-3-9(11)10(4-8)15-6-7(5-12)13-14-15/h2-4,6H,5,12H2,1H3. The van der Waals surface area contributed by atoms with Crippen LogP contribution in [0.15, 0.2) is 24.4 Å². The lowest BCUT2D eigenvalue weighted by Crippen LogP contribution is -1.97. The summed E-state index contributed by atoms with van der Waals surface area (Å²) in [5.41, 5.74) is 6.89. The van der Waals surface area contributed by atoms with Crippen molar-refractivity contribution < 1.29 is 4.74 Å². The highest BCUT2D eigenvalue weighted by Crippen LogP contribution is 2.24. The number of ether oxygens (including phenoxy) is 1. The van der Waals surface area contributed by atoms with Crippen LogP contribution < -0.4 is 10.5 Å². The first-order valence-corrected chi connectivity index (χ1v) is 5.07. The van der Waals surface area contributed by atoms with E-state index in [4.69, 9.17) is 22.1 Å². The Kier molecular flexibility index (Phi) is 3.07. The first-order chi connectivity index (χ1) is 7.74. The number of aromatic nitrogens is 3. The number of hydrogen-bond donors (Lipinski definition) is 1. The Hall–Kier alpha value is -1.59. The molecule has 0 spiro atoms. The van der Waals surface area contributed by atoms with Gasteiger partial charge < -0.3 is 10.5 Å². The second-order valence-corrected chi connectivity index (χ2v) is 3.58. The van der Waals surface area contributed by atoms with Crippen LogP contribution in [0, 0.1) is 0 Å². The van der Waals surface area contributed by atoms with Gasteiger partial charge in [0.1, 0.15) is 5.75 Å². The van der Waals surface area contributed by atoms with Gasteiger partial charge in [-0.05, 0) is 12.1 Å². The fraction of sp³-hybridized carbons (Fsp3) is 0.200. The maximum atomic E-state index is 6.06. The second kappa shape index (κ2) is 4.51. The van der Waals surface area contributed by atoms with Gasteiger partial charge in [0.2, 0.25) is 0 Å². The van der Waals surface area contributed by atoms with Crippen LogP contribution in [0.2, 0.25) is 5.02 Å². The van der Waals surface area contributed by atoms with E-state index in [1.54, 1.807) is 36.2 Å². The quantitative estimate of drug-likeness (QED) is 0.878. The number of halogens is 1. The lowest BCUT2D eigenvalue weighted by molar-refractivity contribution is 0.414. The number of nitrogens with two attached hydrogens (primary N) is 1. The summed E-state index contributed by atoms with van der Waals surface area (Å²) in [6, 6.07) is 5.32. The molecule has 1 heterocycles. The number of rotatable bonds is 3. The van der Waals surface area contributed by atoms with Gasteiger partial charge in [-0.2, -0.15) is 0 Å². The van der Waals surface area contributed by atoms with Crippen molar-refractivity contribution in [1.29, 1.82) is 0 Å². The highest BCUT2D eigenvalue weighted by molar-refractivity contribution is 6.32. The van der Waals surface area contributed by atoms with E-state index in [1.807, 2.05) is 0 Å². The van der Waals surface area contributed by atoms with Gasteiger partial charge in [-0.1, -0.05) is 16.8 Å². The maximum absolute atomic E-state index is 6.06. The highest BCUT2D eigenvalue weighted by atomic mass is 35.5. The molecule has 2 rings (SSSR count). The Bertz CT molecular complexity index is 497. The van der Waals surface area contributed by atoms with E-state index < -0.39 is 0 Å². The fourth-order valence-corrected chi connectivity index (χ4v) is 1.51. The summed E-state index contributed by atoms with van der Waals surface area (Å²) in [5.74, 6) is 0.712. The van der Waals surface area contributed by atoms with Crippen LogP contribution in [0.3, 0.4) is 0 Å². The smallest absolute Gasteiger partial charge is 0.121 e. The molecule has 0 saturated carbocycles. The molecule has 16 heavy (non-hydrogen) atoms.